The number of carbonyl (C=O) groups excluding carboxylic acids is 3. The summed E-state index contributed by atoms with van der Waals surface area (Å²) >= 11 is 0. The molecular weight excluding hydrogens is 519 g/mol. The number of nitrogens with one attached hydrogen (secondary N) is 2. The molecule has 0 aliphatic heterocycles. The maximum atomic E-state index is 13.1. The van der Waals surface area contributed by atoms with Crippen LogP contribution in [-0.4, -0.2) is 69.1 Å². The SMILES string of the molecule is CCN(C(=O)OCOP(=O)(O)O)C(=O)c1c[nH]c(C(N=CN)=Nc2cc(C(=O)NC3CC3)ccc2C)c1C. The van der Waals surface area contributed by atoms with Crippen LogP contribution in [0.5, 0.6) is 0 Å². The lowest BCUT2D eigenvalue weighted by atomic mass is 10.1. The largest absolute Gasteiger partial charge is 0.472 e. The Bertz CT molecular complexity index is 1330. The quantitative estimate of drug-likeness (QED) is 0.134. The minimum atomic E-state index is -4.85. The summed E-state index contributed by atoms with van der Waals surface area (Å²) in [6.07, 6.45) is 3.16. The number of carbonyl (C=O) groups is 3. The number of phosphoric acid groups is 1. The predicted molar refractivity (Wildman–Crippen MR) is 137 cm³/mol. The molecule has 0 atom stereocenters. The first-order valence-corrected chi connectivity index (χ1v) is 13.1. The van der Waals surface area contributed by atoms with Crippen LogP contribution >= 0.6 is 7.82 Å². The highest BCUT2D eigenvalue weighted by molar-refractivity contribution is 7.46. The Balaban J connectivity index is 1.87. The number of imide groups is 1. The van der Waals surface area contributed by atoms with Crippen molar-refractivity contribution < 1.29 is 38.0 Å². The molecule has 15 heteroatoms. The van der Waals surface area contributed by atoms with E-state index in [9.17, 15) is 18.9 Å². The van der Waals surface area contributed by atoms with Crippen LogP contribution in [0.15, 0.2) is 34.4 Å². The lowest BCUT2D eigenvalue weighted by molar-refractivity contribution is 0.0210. The minimum absolute atomic E-state index is 0.0929. The molecule has 0 unspecified atom stereocenters. The van der Waals surface area contributed by atoms with Crippen molar-refractivity contribution in [1.29, 1.82) is 0 Å². The maximum absolute atomic E-state index is 13.1. The Hall–Kier alpha value is -3.84. The molecule has 1 saturated carbocycles. The van der Waals surface area contributed by atoms with Gasteiger partial charge in [-0.3, -0.25) is 9.59 Å². The second-order valence-corrected chi connectivity index (χ2v) is 9.60. The first-order chi connectivity index (χ1) is 17.9. The Kier molecular flexibility index (Phi) is 9.17. The fraction of sp³-hybridized carbons (Fsp3) is 0.348. The monoisotopic (exact) mass is 548 g/mol. The number of phosphoric ester groups is 1. The number of ether oxygens (including phenoxy) is 1. The van der Waals surface area contributed by atoms with E-state index in [1.165, 1.54) is 13.1 Å². The fourth-order valence-electron chi connectivity index (χ4n) is 3.38. The molecule has 1 heterocycles. The van der Waals surface area contributed by atoms with E-state index in [1.54, 1.807) is 25.1 Å². The number of H-pyrrole nitrogens is 1. The zero-order chi connectivity index (χ0) is 28.0. The smallest absolute Gasteiger partial charge is 0.421 e. The number of amidine groups is 1. The van der Waals surface area contributed by atoms with Gasteiger partial charge in [-0.1, -0.05) is 6.07 Å². The summed E-state index contributed by atoms with van der Waals surface area (Å²) in [6, 6.07) is 5.31. The Morgan fingerprint density at radius 2 is 2.00 bits per heavy atom. The molecule has 3 amide bonds. The van der Waals surface area contributed by atoms with Gasteiger partial charge in [0.1, 0.15) is 0 Å². The van der Waals surface area contributed by atoms with Crippen molar-refractivity contribution >= 4 is 43.6 Å². The third-order valence-corrected chi connectivity index (χ3v) is 6.03. The summed E-state index contributed by atoms with van der Waals surface area (Å²) in [6.45, 7) is 3.83. The van der Waals surface area contributed by atoms with Crippen LogP contribution in [-0.2, 0) is 13.8 Å². The van der Waals surface area contributed by atoms with Crippen molar-refractivity contribution in [3.63, 3.8) is 0 Å². The number of aromatic amines is 1. The molecule has 14 nitrogen and oxygen atoms in total. The summed E-state index contributed by atoms with van der Waals surface area (Å²) < 4.78 is 19.5. The van der Waals surface area contributed by atoms with Crippen molar-refractivity contribution in [1.82, 2.24) is 15.2 Å². The number of aliphatic imine (C=N–C) groups is 2. The first kappa shape index (κ1) is 28.7. The van der Waals surface area contributed by atoms with Gasteiger partial charge < -0.3 is 30.6 Å². The third kappa shape index (κ3) is 7.35. The molecule has 1 fully saturated rings. The molecule has 0 bridgehead atoms. The number of rotatable bonds is 9. The molecule has 1 aromatic carbocycles. The molecular formula is C23H29N6O8P. The highest BCUT2D eigenvalue weighted by atomic mass is 31.2. The van der Waals surface area contributed by atoms with E-state index in [0.717, 1.165) is 29.6 Å². The first-order valence-electron chi connectivity index (χ1n) is 11.6. The molecule has 6 N–H and O–H groups in total. The van der Waals surface area contributed by atoms with Gasteiger partial charge in [0.15, 0.2) is 5.84 Å². The molecule has 38 heavy (non-hydrogen) atoms. The lowest BCUT2D eigenvalue weighted by Crippen LogP contribution is -2.37. The normalized spacial score (nSPS) is 14.0. The van der Waals surface area contributed by atoms with Crippen molar-refractivity contribution in [2.75, 3.05) is 13.3 Å². The number of benzene rings is 1. The van der Waals surface area contributed by atoms with Crippen LogP contribution in [0.4, 0.5) is 10.5 Å². The average Bonchev–Trinajstić information content (AvgIpc) is 3.58. The van der Waals surface area contributed by atoms with Crippen LogP contribution < -0.4 is 11.1 Å². The standard InChI is InChI=1S/C23H29N6O8P/c1-4-29(23(32)36-12-37-38(33,34)35)22(31)17-10-25-19(14(17)3)20(26-11-24)28-18-9-15(6-5-13(18)2)21(30)27-16-7-8-16/h5-6,9-11,16,25H,4,7-8,12H2,1-3H3,(H,27,30)(H2,24,26,28)(H2,33,34,35). The van der Waals surface area contributed by atoms with Gasteiger partial charge in [-0.2, -0.15) is 0 Å². The van der Waals surface area contributed by atoms with Crippen LogP contribution in [0.1, 0.15) is 57.3 Å². The summed E-state index contributed by atoms with van der Waals surface area (Å²) in [5.41, 5.74) is 8.08. The summed E-state index contributed by atoms with van der Waals surface area (Å²) in [5.74, 6) is -0.804. The van der Waals surface area contributed by atoms with Gasteiger partial charge in [-0.05, 0) is 56.9 Å². The molecule has 1 aromatic heterocycles. The van der Waals surface area contributed by atoms with E-state index in [2.05, 4.69) is 29.5 Å². The minimum Gasteiger partial charge on any atom is -0.421 e. The summed E-state index contributed by atoms with van der Waals surface area (Å²) in [7, 11) is -4.85. The molecule has 0 spiro atoms. The van der Waals surface area contributed by atoms with Crippen molar-refractivity contribution in [2.24, 2.45) is 15.7 Å². The van der Waals surface area contributed by atoms with Gasteiger partial charge in [-0.15, -0.1) is 0 Å². The van der Waals surface area contributed by atoms with Crippen LogP contribution in [0, 0.1) is 13.8 Å². The van der Waals surface area contributed by atoms with Crippen LogP contribution in [0.2, 0.25) is 0 Å². The Labute approximate surface area is 218 Å². The van der Waals surface area contributed by atoms with Gasteiger partial charge in [-0.25, -0.2) is 28.8 Å². The Morgan fingerprint density at radius 3 is 2.61 bits per heavy atom. The predicted octanol–water partition coefficient (Wildman–Crippen LogP) is 2.25. The van der Waals surface area contributed by atoms with Crippen molar-refractivity contribution in [3.05, 3.63) is 52.3 Å². The number of aromatic nitrogens is 1. The Morgan fingerprint density at radius 1 is 1.29 bits per heavy atom. The van der Waals surface area contributed by atoms with Gasteiger partial charge in [0.2, 0.25) is 6.79 Å². The lowest BCUT2D eigenvalue weighted by Gasteiger charge is -2.18. The van der Waals surface area contributed by atoms with Crippen molar-refractivity contribution in [2.45, 2.75) is 39.7 Å². The number of amides is 3. The highest BCUT2D eigenvalue weighted by Gasteiger charge is 2.28. The number of nitrogens with two attached hydrogens (primary N) is 1. The average molecular weight is 548 g/mol. The molecule has 0 saturated heterocycles. The molecule has 1 aliphatic carbocycles. The molecule has 3 rings (SSSR count). The van der Waals surface area contributed by atoms with Crippen LogP contribution in [0.3, 0.4) is 0 Å². The number of aryl methyl sites for hydroxylation is 1. The summed E-state index contributed by atoms with van der Waals surface area (Å²) in [4.78, 5) is 67.7. The second-order valence-electron chi connectivity index (χ2n) is 8.36. The van der Waals surface area contributed by atoms with Gasteiger partial charge in [0.25, 0.3) is 11.8 Å². The van der Waals surface area contributed by atoms with E-state index >= 15 is 0 Å². The van der Waals surface area contributed by atoms with Crippen LogP contribution in [0.25, 0.3) is 0 Å². The number of hydrogen-bond acceptors (Lipinski definition) is 7. The molecule has 1 aliphatic rings. The van der Waals surface area contributed by atoms with E-state index < -0.39 is 26.6 Å². The van der Waals surface area contributed by atoms with E-state index in [1.807, 2.05) is 6.92 Å². The third-order valence-electron chi connectivity index (χ3n) is 5.59. The van der Waals surface area contributed by atoms with Gasteiger partial charge in [0.05, 0.1) is 23.3 Å². The maximum Gasteiger partial charge on any atom is 0.472 e. The summed E-state index contributed by atoms with van der Waals surface area (Å²) in [5, 5.41) is 2.93. The topological polar surface area (TPSA) is 209 Å². The fourth-order valence-corrected chi connectivity index (χ4v) is 3.57. The van der Waals surface area contributed by atoms with Gasteiger partial charge in [0, 0.05) is 24.3 Å². The van der Waals surface area contributed by atoms with E-state index in [-0.39, 0.29) is 29.9 Å². The number of nitrogens with zero attached hydrogens (tertiary/aromatic N) is 3. The van der Waals surface area contributed by atoms with E-state index in [4.69, 9.17) is 15.5 Å². The molecule has 204 valence electrons. The van der Waals surface area contributed by atoms with Gasteiger partial charge >= 0.3 is 13.9 Å². The number of hydrogen-bond donors (Lipinski definition) is 5. The highest BCUT2D eigenvalue weighted by Crippen LogP contribution is 2.35. The zero-order valence-corrected chi connectivity index (χ0v) is 21.9. The molecule has 2 aromatic rings. The second kappa shape index (κ2) is 12.1. The van der Waals surface area contributed by atoms with Crippen molar-refractivity contribution in [3.8, 4) is 0 Å². The van der Waals surface area contributed by atoms with E-state index in [0.29, 0.717) is 22.5 Å². The zero-order valence-electron chi connectivity index (χ0n) is 21.0. The molecule has 0 radical (unpaired) electrons.